The summed E-state index contributed by atoms with van der Waals surface area (Å²) in [5.74, 6) is 1.01. The molecule has 1 unspecified atom stereocenters. The summed E-state index contributed by atoms with van der Waals surface area (Å²) in [7, 11) is 0. The van der Waals surface area contributed by atoms with E-state index >= 15 is 0 Å². The van der Waals surface area contributed by atoms with Crippen LogP contribution < -0.4 is 0 Å². The Morgan fingerprint density at radius 2 is 1.95 bits per heavy atom. The van der Waals surface area contributed by atoms with Crippen LogP contribution in [0.5, 0.6) is 0 Å². The van der Waals surface area contributed by atoms with Gasteiger partial charge >= 0.3 is 0 Å². The van der Waals surface area contributed by atoms with Gasteiger partial charge in [0, 0.05) is 5.56 Å². The molecule has 4 heteroatoms. The number of hydrogen-bond donors (Lipinski definition) is 1. The molecule has 1 aromatic heterocycles. The minimum atomic E-state index is -0.482. The van der Waals surface area contributed by atoms with Gasteiger partial charge in [-0.15, -0.1) is 0 Å². The Morgan fingerprint density at radius 1 is 1.16 bits per heavy atom. The Hall–Kier alpha value is -2.20. The van der Waals surface area contributed by atoms with Crippen LogP contribution in [0.3, 0.4) is 0 Å². The third-order valence-corrected chi connectivity index (χ3v) is 2.95. The quantitative estimate of drug-likeness (QED) is 0.780. The van der Waals surface area contributed by atoms with E-state index in [1.807, 2.05) is 30.3 Å². The number of fused-ring (bicyclic) bond motifs is 1. The molecule has 0 aliphatic carbocycles. The molecule has 1 N–H and O–H groups in total. The van der Waals surface area contributed by atoms with Crippen LogP contribution in [0.15, 0.2) is 47.0 Å². The highest BCUT2D eigenvalue weighted by Crippen LogP contribution is 2.22. The van der Waals surface area contributed by atoms with Crippen molar-refractivity contribution < 1.29 is 9.63 Å². The molecule has 0 fully saturated rings. The van der Waals surface area contributed by atoms with E-state index < -0.39 is 6.10 Å². The van der Waals surface area contributed by atoms with Crippen molar-refractivity contribution in [1.29, 1.82) is 0 Å². The summed E-state index contributed by atoms with van der Waals surface area (Å²) >= 11 is 0. The molecule has 0 saturated carbocycles. The Labute approximate surface area is 110 Å². The number of aromatic nitrogens is 2. The average molecular weight is 254 g/mol. The first kappa shape index (κ1) is 11.9. The first-order valence-corrected chi connectivity index (χ1v) is 6.22. The predicted molar refractivity (Wildman–Crippen MR) is 72.6 cm³/mol. The van der Waals surface area contributed by atoms with Gasteiger partial charge in [-0.3, -0.25) is 0 Å². The molecule has 0 amide bonds. The zero-order valence-electron chi connectivity index (χ0n) is 10.6. The lowest BCUT2D eigenvalue weighted by atomic mass is 10.1. The molecule has 0 aliphatic heterocycles. The Balaban J connectivity index is 1.97. The van der Waals surface area contributed by atoms with Crippen molar-refractivity contribution in [2.75, 3.05) is 0 Å². The van der Waals surface area contributed by atoms with Gasteiger partial charge in [0.05, 0.1) is 12.5 Å². The summed E-state index contributed by atoms with van der Waals surface area (Å²) in [6.45, 7) is 1.69. The maximum atomic E-state index is 9.30. The second kappa shape index (κ2) is 4.82. The summed E-state index contributed by atoms with van der Waals surface area (Å²) < 4.78 is 5.12. The van der Waals surface area contributed by atoms with Gasteiger partial charge in [0.15, 0.2) is 0 Å². The van der Waals surface area contributed by atoms with E-state index in [0.717, 1.165) is 10.9 Å². The maximum Gasteiger partial charge on any atom is 0.229 e. The lowest BCUT2D eigenvalue weighted by Crippen LogP contribution is -2.04. The number of hydrogen-bond acceptors (Lipinski definition) is 4. The van der Waals surface area contributed by atoms with Gasteiger partial charge in [-0.05, 0) is 23.8 Å². The normalized spacial score (nSPS) is 12.7. The standard InChI is InChI=1S/C15H14N2O2/c1-10(18)8-14-16-15(17-19-14)13-7-6-11-4-2-3-5-12(11)9-13/h2-7,9-10,18H,8H2,1H3. The van der Waals surface area contributed by atoms with Crippen LogP contribution >= 0.6 is 0 Å². The van der Waals surface area contributed by atoms with Crippen molar-refractivity contribution in [2.24, 2.45) is 0 Å². The van der Waals surface area contributed by atoms with Crippen LogP contribution in [0.1, 0.15) is 12.8 Å². The highest BCUT2D eigenvalue weighted by atomic mass is 16.5. The molecule has 96 valence electrons. The molecule has 0 radical (unpaired) electrons. The highest BCUT2D eigenvalue weighted by molar-refractivity contribution is 5.86. The molecule has 4 nitrogen and oxygen atoms in total. The van der Waals surface area contributed by atoms with E-state index in [2.05, 4.69) is 22.3 Å². The molecule has 0 aliphatic rings. The zero-order valence-corrected chi connectivity index (χ0v) is 10.6. The smallest absolute Gasteiger partial charge is 0.229 e. The Morgan fingerprint density at radius 3 is 2.74 bits per heavy atom. The van der Waals surface area contributed by atoms with Crippen molar-refractivity contribution >= 4 is 10.8 Å². The fraction of sp³-hybridized carbons (Fsp3) is 0.200. The molecule has 0 saturated heterocycles. The molecule has 3 aromatic rings. The topological polar surface area (TPSA) is 59.2 Å². The zero-order chi connectivity index (χ0) is 13.2. The van der Waals surface area contributed by atoms with Crippen LogP contribution in [-0.4, -0.2) is 21.4 Å². The summed E-state index contributed by atoms with van der Waals surface area (Å²) in [4.78, 5) is 4.29. The second-order valence-corrected chi connectivity index (χ2v) is 4.63. The van der Waals surface area contributed by atoms with Gasteiger partial charge in [-0.1, -0.05) is 41.6 Å². The monoisotopic (exact) mass is 254 g/mol. The van der Waals surface area contributed by atoms with Gasteiger partial charge in [0.2, 0.25) is 11.7 Å². The fourth-order valence-corrected chi connectivity index (χ4v) is 2.04. The van der Waals surface area contributed by atoms with Gasteiger partial charge in [-0.25, -0.2) is 0 Å². The van der Waals surface area contributed by atoms with Crippen molar-refractivity contribution in [3.63, 3.8) is 0 Å². The van der Waals surface area contributed by atoms with Crippen molar-refractivity contribution in [3.8, 4) is 11.4 Å². The molecule has 0 bridgehead atoms. The molecule has 19 heavy (non-hydrogen) atoms. The Kier molecular flexibility index (Phi) is 3.01. The number of benzene rings is 2. The van der Waals surface area contributed by atoms with Crippen LogP contribution in [0.2, 0.25) is 0 Å². The maximum absolute atomic E-state index is 9.30. The van der Waals surface area contributed by atoms with E-state index in [1.165, 1.54) is 5.39 Å². The number of rotatable bonds is 3. The Bertz CT molecular complexity index is 704. The van der Waals surface area contributed by atoms with Crippen LogP contribution in [0.4, 0.5) is 0 Å². The lowest BCUT2D eigenvalue weighted by Gasteiger charge is -1.99. The van der Waals surface area contributed by atoms with Crippen molar-refractivity contribution in [3.05, 3.63) is 48.4 Å². The van der Waals surface area contributed by atoms with Gasteiger partial charge in [0.1, 0.15) is 0 Å². The van der Waals surface area contributed by atoms with Crippen LogP contribution in [0.25, 0.3) is 22.2 Å². The lowest BCUT2D eigenvalue weighted by molar-refractivity contribution is 0.181. The van der Waals surface area contributed by atoms with E-state index in [-0.39, 0.29) is 0 Å². The van der Waals surface area contributed by atoms with E-state index in [1.54, 1.807) is 6.92 Å². The van der Waals surface area contributed by atoms with Gasteiger partial charge in [0.25, 0.3) is 0 Å². The number of aliphatic hydroxyl groups excluding tert-OH is 1. The molecular weight excluding hydrogens is 240 g/mol. The van der Waals surface area contributed by atoms with Gasteiger partial charge in [-0.2, -0.15) is 4.98 Å². The first-order valence-electron chi connectivity index (χ1n) is 6.22. The molecule has 2 aromatic carbocycles. The number of aliphatic hydroxyl groups is 1. The molecule has 0 spiro atoms. The van der Waals surface area contributed by atoms with E-state index in [0.29, 0.717) is 18.1 Å². The minimum Gasteiger partial charge on any atom is -0.393 e. The van der Waals surface area contributed by atoms with Crippen LogP contribution in [-0.2, 0) is 6.42 Å². The summed E-state index contributed by atoms with van der Waals surface area (Å²) in [5.41, 5.74) is 0.916. The average Bonchev–Trinajstić information content (AvgIpc) is 2.86. The highest BCUT2D eigenvalue weighted by Gasteiger charge is 2.10. The van der Waals surface area contributed by atoms with Crippen molar-refractivity contribution in [1.82, 2.24) is 10.1 Å². The van der Waals surface area contributed by atoms with Crippen molar-refractivity contribution in [2.45, 2.75) is 19.4 Å². The fourth-order valence-electron chi connectivity index (χ4n) is 2.04. The summed E-state index contributed by atoms with van der Waals surface area (Å²) in [6, 6.07) is 14.2. The largest absolute Gasteiger partial charge is 0.393 e. The summed E-state index contributed by atoms with van der Waals surface area (Å²) in [5, 5.41) is 15.6. The predicted octanol–water partition coefficient (Wildman–Crippen LogP) is 2.81. The molecule has 3 rings (SSSR count). The van der Waals surface area contributed by atoms with E-state index in [9.17, 15) is 5.11 Å². The van der Waals surface area contributed by atoms with Gasteiger partial charge < -0.3 is 9.63 Å². The molecular formula is C15H14N2O2. The number of nitrogens with zero attached hydrogens (tertiary/aromatic N) is 2. The molecule has 1 atom stereocenters. The molecule has 1 heterocycles. The minimum absolute atomic E-state index is 0.376. The third-order valence-electron chi connectivity index (χ3n) is 2.95. The van der Waals surface area contributed by atoms with E-state index in [4.69, 9.17) is 4.52 Å². The first-order chi connectivity index (χ1) is 9.22. The third kappa shape index (κ3) is 2.48. The van der Waals surface area contributed by atoms with Crippen LogP contribution in [0, 0.1) is 0 Å². The SMILES string of the molecule is CC(O)Cc1nc(-c2ccc3ccccc3c2)no1. The second-order valence-electron chi connectivity index (χ2n) is 4.63. The summed E-state index contributed by atoms with van der Waals surface area (Å²) in [6.07, 6.45) is -0.106.